The zero-order valence-electron chi connectivity index (χ0n) is 10.5. The van der Waals surface area contributed by atoms with Crippen molar-refractivity contribution in [3.05, 3.63) is 35.4 Å². The van der Waals surface area contributed by atoms with Crippen LogP contribution in [0.2, 0.25) is 0 Å². The number of likely N-dealkylation sites (tertiary alicyclic amines) is 1. The van der Waals surface area contributed by atoms with Crippen molar-refractivity contribution in [1.29, 1.82) is 0 Å². The predicted octanol–water partition coefficient (Wildman–Crippen LogP) is 2.17. The lowest BCUT2D eigenvalue weighted by Crippen LogP contribution is -2.16. The topological polar surface area (TPSA) is 23.5 Å². The van der Waals surface area contributed by atoms with Crippen LogP contribution in [0.4, 0.5) is 0 Å². The fraction of sp³-hybridized carbons (Fsp3) is 0.600. The Balaban J connectivity index is 1.83. The predicted molar refractivity (Wildman–Crippen MR) is 69.2 cm³/mol. The molecule has 1 saturated heterocycles. The van der Waals surface area contributed by atoms with Gasteiger partial charge in [0.05, 0.1) is 5.60 Å². The molecule has 1 aliphatic carbocycles. The summed E-state index contributed by atoms with van der Waals surface area (Å²) in [6.45, 7) is 2.36. The van der Waals surface area contributed by atoms with Gasteiger partial charge >= 0.3 is 0 Å². The third kappa shape index (κ3) is 2.38. The SMILES string of the molecule is CN1CCC(c2ccccc2CC2(O)CC2)C1. The first-order valence-corrected chi connectivity index (χ1v) is 6.65. The molecule has 92 valence electrons. The summed E-state index contributed by atoms with van der Waals surface area (Å²) in [5.41, 5.74) is 2.46. The van der Waals surface area contributed by atoms with Crippen molar-refractivity contribution in [2.75, 3.05) is 20.1 Å². The maximum absolute atomic E-state index is 10.1. The number of benzene rings is 1. The van der Waals surface area contributed by atoms with Crippen molar-refractivity contribution in [1.82, 2.24) is 4.90 Å². The van der Waals surface area contributed by atoms with Crippen LogP contribution in [0.3, 0.4) is 0 Å². The monoisotopic (exact) mass is 231 g/mol. The Kier molecular flexibility index (Phi) is 2.72. The Labute approximate surface area is 103 Å². The smallest absolute Gasteiger partial charge is 0.0690 e. The lowest BCUT2D eigenvalue weighted by atomic mass is 9.90. The summed E-state index contributed by atoms with van der Waals surface area (Å²) in [6.07, 6.45) is 4.06. The quantitative estimate of drug-likeness (QED) is 0.862. The molecule has 0 spiro atoms. The van der Waals surface area contributed by atoms with E-state index in [-0.39, 0.29) is 5.60 Å². The van der Waals surface area contributed by atoms with Crippen LogP contribution in [0.1, 0.15) is 36.3 Å². The van der Waals surface area contributed by atoms with Crippen molar-refractivity contribution in [3.63, 3.8) is 0 Å². The number of hydrogen-bond acceptors (Lipinski definition) is 2. The second kappa shape index (κ2) is 4.11. The molecule has 0 bridgehead atoms. The molecule has 0 amide bonds. The molecule has 2 nitrogen and oxygen atoms in total. The van der Waals surface area contributed by atoms with Crippen molar-refractivity contribution in [3.8, 4) is 0 Å². The van der Waals surface area contributed by atoms with Crippen LogP contribution in [-0.2, 0) is 6.42 Å². The van der Waals surface area contributed by atoms with E-state index < -0.39 is 0 Å². The molecule has 2 fully saturated rings. The highest BCUT2D eigenvalue weighted by atomic mass is 16.3. The Bertz CT molecular complexity index is 411. The Morgan fingerprint density at radius 1 is 1.35 bits per heavy atom. The van der Waals surface area contributed by atoms with Crippen LogP contribution in [0, 0.1) is 0 Å². The summed E-state index contributed by atoms with van der Waals surface area (Å²) in [6, 6.07) is 8.69. The lowest BCUT2D eigenvalue weighted by Gasteiger charge is -2.17. The van der Waals surface area contributed by atoms with Gasteiger partial charge in [-0.05, 0) is 49.9 Å². The first-order valence-electron chi connectivity index (χ1n) is 6.65. The summed E-state index contributed by atoms with van der Waals surface area (Å²) in [7, 11) is 2.19. The van der Waals surface area contributed by atoms with Crippen LogP contribution in [0.5, 0.6) is 0 Å². The van der Waals surface area contributed by atoms with Gasteiger partial charge in [0.1, 0.15) is 0 Å². The van der Waals surface area contributed by atoms with E-state index in [9.17, 15) is 5.11 Å². The van der Waals surface area contributed by atoms with E-state index >= 15 is 0 Å². The van der Waals surface area contributed by atoms with Gasteiger partial charge in [-0.25, -0.2) is 0 Å². The maximum Gasteiger partial charge on any atom is 0.0690 e. The number of hydrogen-bond donors (Lipinski definition) is 1. The summed E-state index contributed by atoms with van der Waals surface area (Å²) in [4.78, 5) is 2.40. The van der Waals surface area contributed by atoms with Gasteiger partial charge in [-0.2, -0.15) is 0 Å². The molecule has 1 atom stereocenters. The first kappa shape index (κ1) is 11.2. The second-order valence-electron chi connectivity index (χ2n) is 5.85. The van der Waals surface area contributed by atoms with Crippen molar-refractivity contribution in [2.45, 2.75) is 37.2 Å². The van der Waals surface area contributed by atoms with Gasteiger partial charge in [-0.3, -0.25) is 0 Å². The Morgan fingerprint density at radius 2 is 2.12 bits per heavy atom. The molecule has 1 heterocycles. The zero-order valence-corrected chi connectivity index (χ0v) is 10.5. The van der Waals surface area contributed by atoms with Crippen molar-refractivity contribution in [2.24, 2.45) is 0 Å². The first-order chi connectivity index (χ1) is 8.16. The molecule has 1 unspecified atom stereocenters. The fourth-order valence-electron chi connectivity index (χ4n) is 2.96. The molecule has 1 saturated carbocycles. The van der Waals surface area contributed by atoms with E-state index in [1.54, 1.807) is 0 Å². The van der Waals surface area contributed by atoms with Gasteiger partial charge in [-0.15, -0.1) is 0 Å². The molecule has 0 aromatic heterocycles. The molecule has 2 heteroatoms. The normalized spacial score (nSPS) is 27.3. The third-order valence-electron chi connectivity index (χ3n) is 4.23. The van der Waals surface area contributed by atoms with E-state index in [1.165, 1.54) is 24.1 Å². The molecule has 2 aliphatic rings. The van der Waals surface area contributed by atoms with Crippen molar-refractivity contribution < 1.29 is 5.11 Å². The number of likely N-dealkylation sites (N-methyl/N-ethyl adjacent to an activating group) is 1. The third-order valence-corrected chi connectivity index (χ3v) is 4.23. The summed E-state index contributed by atoms with van der Waals surface area (Å²) >= 11 is 0. The summed E-state index contributed by atoms with van der Waals surface area (Å²) in [5.74, 6) is 0.665. The van der Waals surface area contributed by atoms with Gasteiger partial charge in [-0.1, -0.05) is 24.3 Å². The zero-order chi connectivity index (χ0) is 11.9. The summed E-state index contributed by atoms with van der Waals surface area (Å²) < 4.78 is 0. The van der Waals surface area contributed by atoms with Gasteiger partial charge in [0.25, 0.3) is 0 Å². The molecule has 1 aromatic carbocycles. The van der Waals surface area contributed by atoms with Crippen LogP contribution in [0.25, 0.3) is 0 Å². The minimum atomic E-state index is -0.374. The largest absolute Gasteiger partial charge is 0.390 e. The van der Waals surface area contributed by atoms with Gasteiger partial charge < -0.3 is 10.0 Å². The highest BCUT2D eigenvalue weighted by molar-refractivity contribution is 5.33. The minimum absolute atomic E-state index is 0.374. The minimum Gasteiger partial charge on any atom is -0.390 e. The number of rotatable bonds is 3. The molecule has 1 N–H and O–H groups in total. The van der Waals surface area contributed by atoms with Gasteiger partial charge in [0.2, 0.25) is 0 Å². The maximum atomic E-state index is 10.1. The number of nitrogens with zero attached hydrogens (tertiary/aromatic N) is 1. The molecule has 0 radical (unpaired) electrons. The average molecular weight is 231 g/mol. The van der Waals surface area contributed by atoms with E-state index in [1.807, 2.05) is 0 Å². The highest BCUT2D eigenvalue weighted by Crippen LogP contribution is 2.40. The van der Waals surface area contributed by atoms with E-state index in [2.05, 4.69) is 36.2 Å². The van der Waals surface area contributed by atoms with Gasteiger partial charge in [0.15, 0.2) is 0 Å². The summed E-state index contributed by atoms with van der Waals surface area (Å²) in [5, 5.41) is 10.1. The van der Waals surface area contributed by atoms with Crippen LogP contribution >= 0.6 is 0 Å². The second-order valence-corrected chi connectivity index (χ2v) is 5.85. The van der Waals surface area contributed by atoms with Crippen LogP contribution in [0.15, 0.2) is 24.3 Å². The molecule has 1 aliphatic heterocycles. The molecule has 1 aromatic rings. The van der Waals surface area contributed by atoms with E-state index in [4.69, 9.17) is 0 Å². The van der Waals surface area contributed by atoms with E-state index in [0.29, 0.717) is 5.92 Å². The van der Waals surface area contributed by atoms with Gasteiger partial charge in [0, 0.05) is 13.0 Å². The standard InChI is InChI=1S/C15H21NO/c1-16-9-6-13(11-16)14-5-3-2-4-12(14)10-15(17)7-8-15/h2-5,13,17H,6-11H2,1H3. The highest BCUT2D eigenvalue weighted by Gasteiger charge is 2.41. The Morgan fingerprint density at radius 3 is 2.76 bits per heavy atom. The molecule has 3 rings (SSSR count). The lowest BCUT2D eigenvalue weighted by molar-refractivity contribution is 0.150. The number of aliphatic hydroxyl groups is 1. The molecular formula is C15H21NO. The molecular weight excluding hydrogens is 210 g/mol. The van der Waals surface area contributed by atoms with Crippen molar-refractivity contribution >= 4 is 0 Å². The Hall–Kier alpha value is -0.860. The van der Waals surface area contributed by atoms with E-state index in [0.717, 1.165) is 25.8 Å². The fourth-order valence-corrected chi connectivity index (χ4v) is 2.96. The van der Waals surface area contributed by atoms with Crippen LogP contribution < -0.4 is 0 Å². The molecule has 17 heavy (non-hydrogen) atoms. The average Bonchev–Trinajstić information content (AvgIpc) is 2.87. The van der Waals surface area contributed by atoms with Crippen LogP contribution in [-0.4, -0.2) is 35.7 Å².